The molecule has 7 heteroatoms. The van der Waals surface area contributed by atoms with E-state index >= 15 is 0 Å². The van der Waals surface area contributed by atoms with Crippen molar-refractivity contribution in [2.24, 2.45) is 0 Å². The van der Waals surface area contributed by atoms with Crippen molar-refractivity contribution in [1.29, 1.82) is 0 Å². The Bertz CT molecular complexity index is 733. The van der Waals surface area contributed by atoms with Crippen LogP contribution in [-0.4, -0.2) is 35.0 Å². The largest absolute Gasteiger partial charge is 0.381 e. The number of thiazole rings is 1. The molecule has 5 nitrogen and oxygen atoms in total. The van der Waals surface area contributed by atoms with Gasteiger partial charge in [-0.3, -0.25) is 5.32 Å². The number of aromatic nitrogens is 1. The molecule has 1 fully saturated rings. The van der Waals surface area contributed by atoms with Crippen molar-refractivity contribution >= 4 is 39.8 Å². The molecule has 128 valence electrons. The maximum atomic E-state index is 12.4. The molecule has 2 aromatic rings. The minimum atomic E-state index is -0.0804. The normalized spacial score (nSPS) is 17.6. The van der Waals surface area contributed by atoms with Gasteiger partial charge in [0.05, 0.1) is 0 Å². The Labute approximate surface area is 151 Å². The van der Waals surface area contributed by atoms with Crippen LogP contribution >= 0.6 is 22.9 Å². The summed E-state index contributed by atoms with van der Waals surface area (Å²) in [6, 6.07) is 6.08. The standard InChI is InChI=1S/C17H21ClN4OS/c1-11-8-13(5-6-15(11)18)20-14-4-3-7-22(10-14)17(23)21-16-19-9-12(2)24-16/h5-6,8-9,14,20H,3-4,7,10H2,1-2H3,(H,19,21,23)/t14-/m1/s1. The molecule has 1 aliphatic heterocycles. The molecule has 24 heavy (non-hydrogen) atoms. The van der Waals surface area contributed by atoms with Gasteiger partial charge in [-0.25, -0.2) is 9.78 Å². The fourth-order valence-corrected chi connectivity index (χ4v) is 3.60. The van der Waals surface area contributed by atoms with Crippen LogP contribution in [0, 0.1) is 13.8 Å². The van der Waals surface area contributed by atoms with Gasteiger partial charge in [0.1, 0.15) is 0 Å². The summed E-state index contributed by atoms with van der Waals surface area (Å²) in [6.07, 6.45) is 3.79. The van der Waals surface area contributed by atoms with Crippen LogP contribution in [0.3, 0.4) is 0 Å². The van der Waals surface area contributed by atoms with Crippen molar-refractivity contribution in [3.05, 3.63) is 39.9 Å². The maximum absolute atomic E-state index is 12.4. The Hall–Kier alpha value is -1.79. The summed E-state index contributed by atoms with van der Waals surface area (Å²) in [5.41, 5.74) is 2.09. The number of benzene rings is 1. The number of carbonyl (C=O) groups is 1. The van der Waals surface area contributed by atoms with E-state index in [0.717, 1.165) is 40.5 Å². The fraction of sp³-hybridized carbons (Fsp3) is 0.412. The molecule has 1 aromatic carbocycles. The summed E-state index contributed by atoms with van der Waals surface area (Å²) in [5.74, 6) is 0. The first kappa shape index (κ1) is 17.0. The zero-order chi connectivity index (χ0) is 17.1. The number of likely N-dealkylation sites (tertiary alicyclic amines) is 1. The molecule has 0 radical (unpaired) electrons. The van der Waals surface area contributed by atoms with E-state index in [1.807, 2.05) is 36.9 Å². The SMILES string of the molecule is Cc1cnc(NC(=O)N2CCC[C@@H](Nc3ccc(Cl)c(C)c3)C2)s1. The molecule has 0 spiro atoms. The third-order valence-electron chi connectivity index (χ3n) is 4.07. The molecule has 3 rings (SSSR count). The van der Waals surface area contributed by atoms with Crippen molar-refractivity contribution in [3.63, 3.8) is 0 Å². The van der Waals surface area contributed by atoms with Gasteiger partial charge in [-0.2, -0.15) is 0 Å². The number of hydrogen-bond donors (Lipinski definition) is 2. The average Bonchev–Trinajstić information content (AvgIpc) is 2.96. The zero-order valence-corrected chi connectivity index (χ0v) is 15.4. The molecule has 0 saturated carbocycles. The lowest BCUT2D eigenvalue weighted by Gasteiger charge is -2.33. The highest BCUT2D eigenvalue weighted by Gasteiger charge is 2.24. The van der Waals surface area contributed by atoms with Crippen molar-refractivity contribution in [1.82, 2.24) is 9.88 Å². The molecule has 0 bridgehead atoms. The minimum absolute atomic E-state index is 0.0804. The Balaban J connectivity index is 1.59. The predicted octanol–water partition coefficient (Wildman–Crippen LogP) is 4.52. The minimum Gasteiger partial charge on any atom is -0.381 e. The lowest BCUT2D eigenvalue weighted by Crippen LogP contribution is -2.46. The van der Waals surface area contributed by atoms with E-state index in [1.165, 1.54) is 11.3 Å². The van der Waals surface area contributed by atoms with Crippen molar-refractivity contribution < 1.29 is 4.79 Å². The first-order valence-corrected chi connectivity index (χ1v) is 9.22. The molecule has 0 unspecified atom stereocenters. The Morgan fingerprint density at radius 2 is 2.25 bits per heavy atom. The van der Waals surface area contributed by atoms with Crippen LogP contribution in [0.2, 0.25) is 5.02 Å². The molecule has 2 N–H and O–H groups in total. The van der Waals surface area contributed by atoms with Gasteiger partial charge in [0, 0.05) is 40.9 Å². The highest BCUT2D eigenvalue weighted by Crippen LogP contribution is 2.23. The Morgan fingerprint density at radius 1 is 1.42 bits per heavy atom. The number of aryl methyl sites for hydroxylation is 2. The number of amides is 2. The molecule has 2 amide bonds. The number of halogens is 1. The van der Waals surface area contributed by atoms with Crippen LogP contribution in [0.15, 0.2) is 24.4 Å². The van der Waals surface area contributed by atoms with Gasteiger partial charge in [-0.1, -0.05) is 11.6 Å². The van der Waals surface area contributed by atoms with Gasteiger partial charge >= 0.3 is 6.03 Å². The van der Waals surface area contributed by atoms with Crippen LogP contribution < -0.4 is 10.6 Å². The molecule has 1 aromatic heterocycles. The highest BCUT2D eigenvalue weighted by atomic mass is 35.5. The Kier molecular flexibility index (Phi) is 5.26. The Morgan fingerprint density at radius 3 is 2.96 bits per heavy atom. The first-order chi connectivity index (χ1) is 11.5. The summed E-state index contributed by atoms with van der Waals surface area (Å²) in [6.45, 7) is 5.41. The second kappa shape index (κ2) is 7.40. The molecular weight excluding hydrogens is 344 g/mol. The topological polar surface area (TPSA) is 57.3 Å². The van der Waals surface area contributed by atoms with Crippen LogP contribution in [0.1, 0.15) is 23.3 Å². The fourth-order valence-electron chi connectivity index (χ4n) is 2.83. The van der Waals surface area contributed by atoms with Gasteiger partial charge in [-0.15, -0.1) is 11.3 Å². The lowest BCUT2D eigenvalue weighted by molar-refractivity contribution is 0.196. The van der Waals surface area contributed by atoms with Crippen molar-refractivity contribution in [2.45, 2.75) is 32.7 Å². The number of rotatable bonds is 3. The van der Waals surface area contributed by atoms with E-state index in [4.69, 9.17) is 11.6 Å². The zero-order valence-electron chi connectivity index (χ0n) is 13.8. The first-order valence-electron chi connectivity index (χ1n) is 8.02. The summed E-state index contributed by atoms with van der Waals surface area (Å²) in [7, 11) is 0. The molecule has 2 heterocycles. The second-order valence-corrected chi connectivity index (χ2v) is 7.74. The third kappa shape index (κ3) is 4.19. The summed E-state index contributed by atoms with van der Waals surface area (Å²) < 4.78 is 0. The molecule has 1 atom stereocenters. The quantitative estimate of drug-likeness (QED) is 0.841. The van der Waals surface area contributed by atoms with E-state index < -0.39 is 0 Å². The number of carbonyl (C=O) groups excluding carboxylic acids is 1. The number of nitrogens with zero attached hydrogens (tertiary/aromatic N) is 2. The van der Waals surface area contributed by atoms with Crippen LogP contribution in [0.5, 0.6) is 0 Å². The molecule has 1 aliphatic rings. The summed E-state index contributed by atoms with van der Waals surface area (Å²) in [5, 5.41) is 7.81. The summed E-state index contributed by atoms with van der Waals surface area (Å²) in [4.78, 5) is 19.5. The van der Waals surface area contributed by atoms with Crippen LogP contribution in [-0.2, 0) is 0 Å². The number of piperidine rings is 1. The maximum Gasteiger partial charge on any atom is 0.323 e. The van der Waals surface area contributed by atoms with E-state index in [9.17, 15) is 4.79 Å². The van der Waals surface area contributed by atoms with E-state index in [-0.39, 0.29) is 12.1 Å². The van der Waals surface area contributed by atoms with Gasteiger partial charge in [0.25, 0.3) is 0 Å². The van der Waals surface area contributed by atoms with Gasteiger partial charge < -0.3 is 10.2 Å². The van der Waals surface area contributed by atoms with Gasteiger partial charge in [0.2, 0.25) is 0 Å². The molecular formula is C17H21ClN4OS. The summed E-state index contributed by atoms with van der Waals surface area (Å²) >= 11 is 7.56. The van der Waals surface area contributed by atoms with Crippen molar-refractivity contribution in [2.75, 3.05) is 23.7 Å². The van der Waals surface area contributed by atoms with E-state index in [1.54, 1.807) is 6.20 Å². The number of hydrogen-bond acceptors (Lipinski definition) is 4. The smallest absolute Gasteiger partial charge is 0.323 e. The average molecular weight is 365 g/mol. The third-order valence-corrected chi connectivity index (χ3v) is 5.32. The number of nitrogens with one attached hydrogen (secondary N) is 2. The highest BCUT2D eigenvalue weighted by molar-refractivity contribution is 7.15. The number of urea groups is 1. The molecule has 0 aliphatic carbocycles. The second-order valence-electron chi connectivity index (χ2n) is 6.10. The monoisotopic (exact) mass is 364 g/mol. The molecule has 1 saturated heterocycles. The van der Waals surface area contributed by atoms with Crippen LogP contribution in [0.25, 0.3) is 0 Å². The van der Waals surface area contributed by atoms with Crippen molar-refractivity contribution in [3.8, 4) is 0 Å². The van der Waals surface area contributed by atoms with E-state index in [2.05, 4.69) is 15.6 Å². The van der Waals surface area contributed by atoms with Gasteiger partial charge in [0.15, 0.2) is 5.13 Å². The lowest BCUT2D eigenvalue weighted by atomic mass is 10.1. The van der Waals surface area contributed by atoms with Gasteiger partial charge in [-0.05, 0) is 50.5 Å². The van der Waals surface area contributed by atoms with E-state index in [0.29, 0.717) is 11.7 Å². The van der Waals surface area contributed by atoms with Crippen LogP contribution in [0.4, 0.5) is 15.6 Å². The number of anilines is 2. The predicted molar refractivity (Wildman–Crippen MR) is 100 cm³/mol.